The van der Waals surface area contributed by atoms with Crippen molar-refractivity contribution in [2.24, 2.45) is 0 Å². The Balaban J connectivity index is 2.34. The Morgan fingerprint density at radius 3 is 2.65 bits per heavy atom. The summed E-state index contributed by atoms with van der Waals surface area (Å²) in [5.41, 5.74) is 2.55. The summed E-state index contributed by atoms with van der Waals surface area (Å²) in [4.78, 5) is 24.3. The van der Waals surface area contributed by atoms with Crippen LogP contribution in [-0.4, -0.2) is 0 Å². The predicted molar refractivity (Wildman–Crippen MR) is 75.3 cm³/mol. The van der Waals surface area contributed by atoms with Crippen molar-refractivity contribution in [2.75, 3.05) is 0 Å². The largest absolute Gasteiger partial charge is 0.422 e. The van der Waals surface area contributed by atoms with Crippen LogP contribution in [0.2, 0.25) is 0 Å². The summed E-state index contributed by atoms with van der Waals surface area (Å²) in [5, 5.41) is 1.13. The number of rotatable bonds is 0. The molecule has 4 nitrogen and oxygen atoms in total. The molecule has 0 saturated carbocycles. The summed E-state index contributed by atoms with van der Waals surface area (Å²) in [6, 6.07) is 5.48. The molecule has 1 aromatic carbocycles. The van der Waals surface area contributed by atoms with Gasteiger partial charge in [-0.2, -0.15) is 0 Å². The number of benzene rings is 1. The van der Waals surface area contributed by atoms with Gasteiger partial charge in [0.2, 0.25) is 0 Å². The lowest BCUT2D eigenvalue weighted by Gasteiger charge is -2.05. The Morgan fingerprint density at radius 2 is 1.80 bits per heavy atom. The Bertz CT molecular complexity index is 976. The minimum Gasteiger partial charge on any atom is -0.422 e. The average molecular weight is 268 g/mol. The molecule has 3 aromatic rings. The standard InChI is InChI=1S/C16H12O4/c1-8-5-6-12-11(7-8)14-13(16(18)19-12)9-3-2-4-10(9)15(17)20-14/h5-7H,2-4H2,1H3. The van der Waals surface area contributed by atoms with E-state index in [1.165, 1.54) is 0 Å². The highest BCUT2D eigenvalue weighted by Gasteiger charge is 2.23. The van der Waals surface area contributed by atoms with Crippen LogP contribution in [0.3, 0.4) is 0 Å². The van der Waals surface area contributed by atoms with Gasteiger partial charge < -0.3 is 8.83 Å². The molecule has 4 rings (SSSR count). The second kappa shape index (κ2) is 3.82. The van der Waals surface area contributed by atoms with Gasteiger partial charge in [0.15, 0.2) is 5.58 Å². The van der Waals surface area contributed by atoms with E-state index in [-0.39, 0.29) is 5.63 Å². The van der Waals surface area contributed by atoms with Crippen LogP contribution in [0.1, 0.15) is 23.1 Å². The van der Waals surface area contributed by atoms with Gasteiger partial charge in [0.25, 0.3) is 0 Å². The molecule has 0 bridgehead atoms. The maximum atomic E-state index is 12.2. The van der Waals surface area contributed by atoms with E-state index in [1.807, 2.05) is 19.1 Å². The monoisotopic (exact) mass is 268 g/mol. The molecule has 0 amide bonds. The van der Waals surface area contributed by atoms with Crippen molar-refractivity contribution in [3.63, 3.8) is 0 Å². The molecule has 0 atom stereocenters. The van der Waals surface area contributed by atoms with Crippen LogP contribution < -0.4 is 11.3 Å². The molecule has 4 heteroatoms. The highest BCUT2D eigenvalue weighted by Crippen LogP contribution is 2.29. The maximum absolute atomic E-state index is 12.2. The lowest BCUT2D eigenvalue weighted by molar-refractivity contribution is 0.537. The summed E-state index contributed by atoms with van der Waals surface area (Å²) in [6.45, 7) is 1.95. The van der Waals surface area contributed by atoms with Crippen molar-refractivity contribution in [3.8, 4) is 0 Å². The molecule has 20 heavy (non-hydrogen) atoms. The summed E-state index contributed by atoms with van der Waals surface area (Å²) in [7, 11) is 0. The van der Waals surface area contributed by atoms with E-state index in [9.17, 15) is 9.59 Å². The van der Waals surface area contributed by atoms with Gasteiger partial charge >= 0.3 is 11.3 Å². The molecule has 2 aromatic heterocycles. The Kier molecular flexibility index (Phi) is 2.19. The fraction of sp³-hybridized carbons (Fsp3) is 0.250. The van der Waals surface area contributed by atoms with Gasteiger partial charge in [-0.3, -0.25) is 0 Å². The van der Waals surface area contributed by atoms with Gasteiger partial charge in [-0.25, -0.2) is 9.59 Å². The topological polar surface area (TPSA) is 60.4 Å². The number of aryl methyl sites for hydroxylation is 2. The van der Waals surface area contributed by atoms with Crippen LogP contribution >= 0.6 is 0 Å². The van der Waals surface area contributed by atoms with Gasteiger partial charge in [-0.1, -0.05) is 11.6 Å². The van der Waals surface area contributed by atoms with E-state index >= 15 is 0 Å². The van der Waals surface area contributed by atoms with Crippen LogP contribution in [0.5, 0.6) is 0 Å². The number of hydrogen-bond acceptors (Lipinski definition) is 4. The van der Waals surface area contributed by atoms with Gasteiger partial charge in [0.05, 0.1) is 5.39 Å². The van der Waals surface area contributed by atoms with Crippen molar-refractivity contribution in [3.05, 3.63) is 55.7 Å². The molecule has 0 unspecified atom stereocenters. The third-order valence-corrected chi connectivity index (χ3v) is 3.97. The second-order valence-corrected chi connectivity index (χ2v) is 5.29. The Labute approximate surface area is 113 Å². The fourth-order valence-corrected chi connectivity index (χ4v) is 3.05. The molecule has 0 fully saturated rings. The first-order valence-corrected chi connectivity index (χ1v) is 6.67. The fourth-order valence-electron chi connectivity index (χ4n) is 3.05. The van der Waals surface area contributed by atoms with E-state index in [4.69, 9.17) is 8.83 Å². The molecular weight excluding hydrogens is 256 g/mol. The van der Waals surface area contributed by atoms with Crippen molar-refractivity contribution < 1.29 is 8.83 Å². The first-order valence-electron chi connectivity index (χ1n) is 6.67. The molecule has 100 valence electrons. The van der Waals surface area contributed by atoms with Crippen molar-refractivity contribution >= 4 is 21.9 Å². The summed E-state index contributed by atoms with van der Waals surface area (Å²) in [6.07, 6.45) is 2.29. The molecule has 0 N–H and O–H groups in total. The van der Waals surface area contributed by atoms with Crippen molar-refractivity contribution in [1.82, 2.24) is 0 Å². The number of fused-ring (bicyclic) bond motifs is 5. The smallest absolute Gasteiger partial charge is 0.347 e. The molecule has 1 aliphatic carbocycles. The highest BCUT2D eigenvalue weighted by atomic mass is 16.4. The van der Waals surface area contributed by atoms with E-state index in [0.29, 0.717) is 33.9 Å². The Hall–Kier alpha value is -2.36. The number of hydrogen-bond donors (Lipinski definition) is 0. The van der Waals surface area contributed by atoms with Crippen LogP contribution in [0.25, 0.3) is 21.9 Å². The normalized spacial score (nSPS) is 14.1. The zero-order valence-corrected chi connectivity index (χ0v) is 11.0. The van der Waals surface area contributed by atoms with E-state index in [2.05, 4.69) is 0 Å². The Morgan fingerprint density at radius 1 is 1.00 bits per heavy atom. The third kappa shape index (κ3) is 1.42. The molecular formula is C16H12O4. The quantitative estimate of drug-likeness (QED) is 0.464. The van der Waals surface area contributed by atoms with Crippen LogP contribution in [0, 0.1) is 6.92 Å². The SMILES string of the molecule is Cc1ccc2oc(=O)c3c4c(c(=O)oc3c2c1)CCC4. The molecule has 0 radical (unpaired) electrons. The summed E-state index contributed by atoms with van der Waals surface area (Å²) < 4.78 is 10.8. The van der Waals surface area contributed by atoms with E-state index < -0.39 is 5.63 Å². The first-order chi connectivity index (χ1) is 9.65. The lowest BCUT2D eigenvalue weighted by atomic mass is 10.1. The van der Waals surface area contributed by atoms with Gasteiger partial charge in [-0.05, 0) is 43.9 Å². The molecule has 1 aliphatic rings. The molecule has 0 saturated heterocycles. The van der Waals surface area contributed by atoms with Crippen molar-refractivity contribution in [1.29, 1.82) is 0 Å². The van der Waals surface area contributed by atoms with Crippen LogP contribution in [0.15, 0.2) is 36.6 Å². The van der Waals surface area contributed by atoms with Crippen LogP contribution in [-0.2, 0) is 12.8 Å². The average Bonchev–Trinajstić information content (AvgIpc) is 2.89. The molecule has 0 spiro atoms. The minimum absolute atomic E-state index is 0.321. The van der Waals surface area contributed by atoms with Gasteiger partial charge in [-0.15, -0.1) is 0 Å². The summed E-state index contributed by atoms with van der Waals surface area (Å²) in [5.74, 6) is 0. The van der Waals surface area contributed by atoms with Gasteiger partial charge in [0.1, 0.15) is 11.0 Å². The predicted octanol–water partition coefficient (Wildman–Crippen LogP) is 2.70. The molecule has 2 heterocycles. The van der Waals surface area contributed by atoms with E-state index in [1.54, 1.807) is 6.07 Å². The second-order valence-electron chi connectivity index (χ2n) is 5.29. The first kappa shape index (κ1) is 11.5. The van der Waals surface area contributed by atoms with Gasteiger partial charge in [0, 0.05) is 5.56 Å². The summed E-state index contributed by atoms with van der Waals surface area (Å²) >= 11 is 0. The maximum Gasteiger partial charge on any atom is 0.347 e. The highest BCUT2D eigenvalue weighted by molar-refractivity contribution is 6.02. The van der Waals surface area contributed by atoms with E-state index in [0.717, 1.165) is 24.0 Å². The van der Waals surface area contributed by atoms with Crippen molar-refractivity contribution in [2.45, 2.75) is 26.2 Å². The molecule has 0 aliphatic heterocycles. The third-order valence-electron chi connectivity index (χ3n) is 3.97. The minimum atomic E-state index is -0.418. The zero-order valence-electron chi connectivity index (χ0n) is 11.0. The zero-order chi connectivity index (χ0) is 13.9. The van der Waals surface area contributed by atoms with Crippen LogP contribution in [0.4, 0.5) is 0 Å². The lowest BCUT2D eigenvalue weighted by Crippen LogP contribution is -2.12.